The van der Waals surface area contributed by atoms with Gasteiger partial charge in [-0.05, 0) is 18.7 Å². The van der Waals surface area contributed by atoms with Crippen LogP contribution in [0.2, 0.25) is 0 Å². The second-order valence-corrected chi connectivity index (χ2v) is 3.85. The van der Waals surface area contributed by atoms with Gasteiger partial charge in [-0.1, -0.05) is 18.2 Å². The van der Waals surface area contributed by atoms with Crippen molar-refractivity contribution in [2.75, 3.05) is 13.6 Å². The van der Waals surface area contributed by atoms with Gasteiger partial charge in [-0.2, -0.15) is 0 Å². The zero-order chi connectivity index (χ0) is 12.1. The predicted molar refractivity (Wildman–Crippen MR) is 63.3 cm³/mol. The maximum Gasteiger partial charge on any atom is 0.198 e. The fraction of sp³-hybridized carbons (Fsp3) is 0.308. The minimum atomic E-state index is -0.220. The summed E-state index contributed by atoms with van der Waals surface area (Å²) in [6.07, 6.45) is 2.84. The Hall–Kier alpha value is -1.68. The summed E-state index contributed by atoms with van der Waals surface area (Å²) in [5.41, 5.74) is 1.50. The Bertz CT molecular complexity index is 482. The molecule has 1 heterocycles. The van der Waals surface area contributed by atoms with E-state index in [4.69, 9.17) is 4.42 Å². The summed E-state index contributed by atoms with van der Waals surface area (Å²) in [5, 5.41) is 3.04. The lowest BCUT2D eigenvalue weighted by molar-refractivity contribution is 0.500. The van der Waals surface area contributed by atoms with Crippen molar-refractivity contribution in [3.63, 3.8) is 0 Å². The Balaban J connectivity index is 2.04. The van der Waals surface area contributed by atoms with Crippen LogP contribution in [0.1, 0.15) is 17.1 Å². The van der Waals surface area contributed by atoms with Crippen molar-refractivity contribution in [1.82, 2.24) is 10.3 Å². The van der Waals surface area contributed by atoms with Gasteiger partial charge in [0.1, 0.15) is 12.1 Å². The van der Waals surface area contributed by atoms with Gasteiger partial charge in [-0.15, -0.1) is 0 Å². The summed E-state index contributed by atoms with van der Waals surface area (Å²) in [4.78, 5) is 4.31. The maximum atomic E-state index is 13.4. The van der Waals surface area contributed by atoms with E-state index in [1.807, 2.05) is 13.1 Å². The third-order valence-corrected chi connectivity index (χ3v) is 2.53. The van der Waals surface area contributed by atoms with Gasteiger partial charge in [-0.3, -0.25) is 0 Å². The minimum absolute atomic E-state index is 0.220. The van der Waals surface area contributed by atoms with Crippen LogP contribution >= 0.6 is 0 Å². The van der Waals surface area contributed by atoms with Crippen LogP contribution in [-0.4, -0.2) is 18.6 Å². The number of halogens is 1. The molecule has 3 nitrogen and oxygen atoms in total. The summed E-state index contributed by atoms with van der Waals surface area (Å²) >= 11 is 0. The molecule has 0 saturated carbocycles. The lowest BCUT2D eigenvalue weighted by Crippen LogP contribution is -2.10. The van der Waals surface area contributed by atoms with Crippen molar-refractivity contribution in [1.29, 1.82) is 0 Å². The zero-order valence-corrected chi connectivity index (χ0v) is 9.74. The predicted octanol–water partition coefficient (Wildman–Crippen LogP) is 2.17. The average molecular weight is 234 g/mol. The van der Waals surface area contributed by atoms with Crippen LogP contribution in [0, 0.1) is 5.82 Å². The number of nitrogens with zero attached hydrogens (tertiary/aromatic N) is 1. The van der Waals surface area contributed by atoms with Gasteiger partial charge in [0.2, 0.25) is 0 Å². The summed E-state index contributed by atoms with van der Waals surface area (Å²) in [7, 11) is 1.89. The highest BCUT2D eigenvalue weighted by Gasteiger charge is 2.07. The summed E-state index contributed by atoms with van der Waals surface area (Å²) in [6.45, 7) is 0.853. The van der Waals surface area contributed by atoms with Gasteiger partial charge in [0.15, 0.2) is 5.89 Å². The third-order valence-electron chi connectivity index (χ3n) is 2.53. The van der Waals surface area contributed by atoms with E-state index in [9.17, 15) is 4.39 Å². The minimum Gasteiger partial charge on any atom is -0.448 e. The molecule has 1 N–H and O–H groups in total. The topological polar surface area (TPSA) is 38.1 Å². The molecule has 0 amide bonds. The second kappa shape index (κ2) is 5.59. The molecular weight excluding hydrogens is 219 g/mol. The van der Waals surface area contributed by atoms with Gasteiger partial charge in [0, 0.05) is 13.0 Å². The van der Waals surface area contributed by atoms with Crippen molar-refractivity contribution in [2.45, 2.75) is 12.8 Å². The maximum absolute atomic E-state index is 13.4. The Kier molecular flexibility index (Phi) is 3.88. The lowest BCUT2D eigenvalue weighted by Gasteiger charge is -1.98. The molecule has 2 aromatic rings. The zero-order valence-electron chi connectivity index (χ0n) is 9.74. The Morgan fingerprint density at radius 3 is 2.94 bits per heavy atom. The molecule has 0 aliphatic rings. The van der Waals surface area contributed by atoms with Gasteiger partial charge in [0.05, 0.1) is 12.1 Å². The molecule has 0 saturated heterocycles. The van der Waals surface area contributed by atoms with Gasteiger partial charge in [0.25, 0.3) is 0 Å². The number of rotatable bonds is 5. The standard InChI is InChI=1S/C13H15FN2O/c1-15-7-6-11-9-17-13(16-11)8-10-4-2-3-5-12(10)14/h2-5,9,15H,6-8H2,1H3. The number of likely N-dealkylation sites (N-methyl/N-ethyl adjacent to an activating group) is 1. The van der Waals surface area contributed by atoms with Crippen LogP contribution in [0.15, 0.2) is 34.9 Å². The molecule has 0 unspecified atom stereocenters. The lowest BCUT2D eigenvalue weighted by atomic mass is 10.1. The van der Waals surface area contributed by atoms with Crippen LogP contribution in [0.25, 0.3) is 0 Å². The molecule has 0 aliphatic heterocycles. The van der Waals surface area contributed by atoms with Crippen molar-refractivity contribution in [2.24, 2.45) is 0 Å². The number of hydrogen-bond donors (Lipinski definition) is 1. The first-order chi connectivity index (χ1) is 8.29. The number of aromatic nitrogens is 1. The van der Waals surface area contributed by atoms with E-state index in [2.05, 4.69) is 10.3 Å². The molecule has 0 radical (unpaired) electrons. The van der Waals surface area contributed by atoms with Crippen LogP contribution in [0.5, 0.6) is 0 Å². The normalized spacial score (nSPS) is 10.7. The number of nitrogens with one attached hydrogen (secondary N) is 1. The van der Waals surface area contributed by atoms with E-state index in [0.29, 0.717) is 17.9 Å². The molecule has 0 atom stereocenters. The van der Waals surface area contributed by atoms with Crippen LogP contribution in [0.3, 0.4) is 0 Å². The summed E-state index contributed by atoms with van der Waals surface area (Å²) in [6, 6.07) is 6.67. The van der Waals surface area contributed by atoms with Crippen molar-refractivity contribution >= 4 is 0 Å². The largest absolute Gasteiger partial charge is 0.448 e. The molecule has 0 bridgehead atoms. The Morgan fingerprint density at radius 1 is 1.35 bits per heavy atom. The quantitative estimate of drug-likeness (QED) is 0.861. The van der Waals surface area contributed by atoms with Crippen LogP contribution < -0.4 is 5.32 Å². The monoisotopic (exact) mass is 234 g/mol. The van der Waals surface area contributed by atoms with E-state index >= 15 is 0 Å². The average Bonchev–Trinajstić information content (AvgIpc) is 2.77. The molecule has 90 valence electrons. The summed E-state index contributed by atoms with van der Waals surface area (Å²) in [5.74, 6) is 0.337. The van der Waals surface area contributed by atoms with Crippen LogP contribution in [0.4, 0.5) is 4.39 Å². The molecule has 2 rings (SSSR count). The molecule has 1 aromatic carbocycles. The van der Waals surface area contributed by atoms with E-state index in [0.717, 1.165) is 18.7 Å². The van der Waals surface area contributed by atoms with Gasteiger partial charge < -0.3 is 9.73 Å². The van der Waals surface area contributed by atoms with E-state index in [1.165, 1.54) is 6.07 Å². The fourth-order valence-corrected chi connectivity index (χ4v) is 1.60. The molecule has 17 heavy (non-hydrogen) atoms. The Labute approximate surface area is 99.7 Å². The molecule has 1 aromatic heterocycles. The first kappa shape index (κ1) is 11.8. The summed E-state index contributed by atoms with van der Waals surface area (Å²) < 4.78 is 18.7. The van der Waals surface area contributed by atoms with E-state index in [1.54, 1.807) is 18.4 Å². The molecule has 0 aliphatic carbocycles. The highest BCUT2D eigenvalue weighted by molar-refractivity contribution is 5.20. The number of oxazole rings is 1. The van der Waals surface area contributed by atoms with Crippen LogP contribution in [-0.2, 0) is 12.8 Å². The first-order valence-electron chi connectivity index (χ1n) is 5.61. The number of benzene rings is 1. The number of hydrogen-bond acceptors (Lipinski definition) is 3. The van der Waals surface area contributed by atoms with Gasteiger partial charge in [-0.25, -0.2) is 9.37 Å². The van der Waals surface area contributed by atoms with Crippen molar-refractivity contribution in [3.8, 4) is 0 Å². The Morgan fingerprint density at radius 2 is 2.18 bits per heavy atom. The highest BCUT2D eigenvalue weighted by Crippen LogP contribution is 2.13. The van der Waals surface area contributed by atoms with E-state index in [-0.39, 0.29) is 5.82 Å². The first-order valence-corrected chi connectivity index (χ1v) is 5.61. The molecular formula is C13H15FN2O. The van der Waals surface area contributed by atoms with Crippen molar-refractivity contribution < 1.29 is 8.81 Å². The van der Waals surface area contributed by atoms with E-state index < -0.39 is 0 Å². The highest BCUT2D eigenvalue weighted by atomic mass is 19.1. The smallest absolute Gasteiger partial charge is 0.198 e. The third kappa shape index (κ3) is 3.14. The van der Waals surface area contributed by atoms with Crippen molar-refractivity contribution in [3.05, 3.63) is 53.5 Å². The molecule has 4 heteroatoms. The second-order valence-electron chi connectivity index (χ2n) is 3.85. The van der Waals surface area contributed by atoms with Gasteiger partial charge >= 0.3 is 0 Å². The molecule has 0 spiro atoms. The molecule has 0 fully saturated rings. The SMILES string of the molecule is CNCCc1coc(Cc2ccccc2F)n1. The fourth-order valence-electron chi connectivity index (χ4n) is 1.60.